The second-order valence-corrected chi connectivity index (χ2v) is 16.8. The third-order valence-corrected chi connectivity index (χ3v) is 10.8. The molecule has 0 aromatic rings. The third-order valence-electron chi connectivity index (χ3n) is 9.81. The quantitative estimate of drug-likeness (QED) is 0.0108. The van der Waals surface area contributed by atoms with Gasteiger partial charge in [-0.2, -0.15) is 0 Å². The Morgan fingerprint density at radius 3 is 1.77 bits per heavy atom. The predicted octanol–water partition coefficient (Wildman–Crippen LogP) is 7.47. The van der Waals surface area contributed by atoms with Crippen LogP contribution in [-0.2, 0) is 32.7 Å². The van der Waals surface area contributed by atoms with Gasteiger partial charge in [0.05, 0.1) is 12.7 Å². The number of hydrogen-bond acceptors (Lipinski definition) is 13. The first-order valence-electron chi connectivity index (χ1n) is 22.5. The highest BCUT2D eigenvalue weighted by atomic mass is 31.2. The van der Waals surface area contributed by atoms with Gasteiger partial charge in [0.1, 0.15) is 43.2 Å². The van der Waals surface area contributed by atoms with Crippen molar-refractivity contribution in [1.29, 1.82) is 0 Å². The summed E-state index contributed by atoms with van der Waals surface area (Å²) in [5.41, 5.74) is 0. The zero-order chi connectivity index (χ0) is 45.9. The molecule has 1 fully saturated rings. The lowest BCUT2D eigenvalue weighted by molar-refractivity contribution is -0.220. The van der Waals surface area contributed by atoms with Gasteiger partial charge in [-0.05, 0) is 70.6 Å². The monoisotopic (exact) mass is 897 g/mol. The molecule has 1 aliphatic carbocycles. The molecule has 4 unspecified atom stereocenters. The van der Waals surface area contributed by atoms with Crippen LogP contribution in [0, 0.1) is 0 Å². The van der Waals surface area contributed by atoms with Crippen molar-refractivity contribution in [1.82, 2.24) is 0 Å². The molecule has 7 N–H and O–H groups in total. The first kappa shape index (κ1) is 57.0. The van der Waals surface area contributed by atoms with Crippen LogP contribution in [0.15, 0.2) is 85.1 Å². The minimum atomic E-state index is -5.16. The summed E-state index contributed by atoms with van der Waals surface area (Å²) in [7, 11) is -5.16. The SMILES string of the molecule is CC/C=C\C/C=C\C/C=C\C/C=C\C=C/C(O)C/C=C\CCC(=O)OC[C@H](COP(=O)(O)OC1[C@H](O)[C@H](O)C(O)[C@H](O)[C@H]1O)OC(=O)CCCCCCC/C=C\CCCCCC. The van der Waals surface area contributed by atoms with Crippen LogP contribution in [0.25, 0.3) is 0 Å². The Morgan fingerprint density at radius 1 is 0.597 bits per heavy atom. The first-order chi connectivity index (χ1) is 29.8. The number of unbranched alkanes of at least 4 members (excludes halogenated alkanes) is 9. The van der Waals surface area contributed by atoms with Gasteiger partial charge in [-0.1, -0.05) is 137 Å². The van der Waals surface area contributed by atoms with Gasteiger partial charge >= 0.3 is 19.8 Å². The fourth-order valence-electron chi connectivity index (χ4n) is 6.15. The lowest BCUT2D eigenvalue weighted by atomic mass is 9.85. The molecule has 0 saturated heterocycles. The topological polar surface area (TPSA) is 230 Å². The van der Waals surface area contributed by atoms with Crippen molar-refractivity contribution in [2.45, 2.75) is 185 Å². The lowest BCUT2D eigenvalue weighted by Gasteiger charge is -2.41. The smallest absolute Gasteiger partial charge is 0.462 e. The zero-order valence-corrected chi connectivity index (χ0v) is 37.9. The lowest BCUT2D eigenvalue weighted by Crippen LogP contribution is -2.64. The Bertz CT molecular complexity index is 1420. The third kappa shape index (κ3) is 28.6. The summed E-state index contributed by atoms with van der Waals surface area (Å²) in [6.07, 6.45) is 29.5. The van der Waals surface area contributed by atoms with E-state index in [4.69, 9.17) is 18.5 Å². The van der Waals surface area contributed by atoms with E-state index in [1.165, 1.54) is 25.7 Å². The molecule has 15 heteroatoms. The van der Waals surface area contributed by atoms with Crippen molar-refractivity contribution < 1.29 is 68.2 Å². The molecule has 9 atom stereocenters. The maximum atomic E-state index is 12.8. The number of carbonyl (C=O) groups is 2. The Kier molecular flexibility index (Phi) is 33.4. The largest absolute Gasteiger partial charge is 0.472 e. The van der Waals surface area contributed by atoms with Gasteiger partial charge in [0.2, 0.25) is 0 Å². The van der Waals surface area contributed by atoms with E-state index in [-0.39, 0.29) is 12.8 Å². The van der Waals surface area contributed by atoms with E-state index < -0.39 is 81.8 Å². The molecule has 14 nitrogen and oxygen atoms in total. The van der Waals surface area contributed by atoms with Gasteiger partial charge in [0, 0.05) is 12.8 Å². The van der Waals surface area contributed by atoms with Gasteiger partial charge in [-0.3, -0.25) is 18.6 Å². The number of rotatable bonds is 35. The van der Waals surface area contributed by atoms with Crippen molar-refractivity contribution in [3.8, 4) is 0 Å². The van der Waals surface area contributed by atoms with Gasteiger partial charge in [-0.15, -0.1) is 0 Å². The number of esters is 2. The fraction of sp³-hybridized carbons (Fsp3) is 0.660. The van der Waals surface area contributed by atoms with E-state index in [0.717, 1.165) is 64.2 Å². The van der Waals surface area contributed by atoms with Crippen molar-refractivity contribution in [2.24, 2.45) is 0 Å². The maximum absolute atomic E-state index is 12.8. The average molecular weight is 897 g/mol. The van der Waals surface area contributed by atoms with E-state index >= 15 is 0 Å². The Morgan fingerprint density at radius 2 is 1.15 bits per heavy atom. The first-order valence-corrected chi connectivity index (χ1v) is 24.0. The van der Waals surface area contributed by atoms with Gasteiger partial charge in [0.25, 0.3) is 0 Å². The Labute approximate surface area is 370 Å². The van der Waals surface area contributed by atoms with Crippen LogP contribution in [0.2, 0.25) is 0 Å². The van der Waals surface area contributed by atoms with E-state index in [9.17, 15) is 49.7 Å². The van der Waals surface area contributed by atoms with E-state index in [2.05, 4.69) is 62.5 Å². The van der Waals surface area contributed by atoms with Crippen LogP contribution >= 0.6 is 7.82 Å². The van der Waals surface area contributed by atoms with Crippen LogP contribution < -0.4 is 0 Å². The number of phosphoric acid groups is 1. The van der Waals surface area contributed by atoms with Crippen molar-refractivity contribution in [3.63, 3.8) is 0 Å². The number of hydrogen-bond donors (Lipinski definition) is 7. The molecule has 0 spiro atoms. The molecule has 0 aromatic carbocycles. The van der Waals surface area contributed by atoms with Crippen LogP contribution in [-0.4, -0.2) is 110 Å². The summed E-state index contributed by atoms with van der Waals surface area (Å²) < 4.78 is 33.3. The normalized spacial score (nSPS) is 23.2. The van der Waals surface area contributed by atoms with Gasteiger partial charge in [-0.25, -0.2) is 4.57 Å². The summed E-state index contributed by atoms with van der Waals surface area (Å²) in [5.74, 6) is -1.30. The van der Waals surface area contributed by atoms with Crippen LogP contribution in [0.4, 0.5) is 0 Å². The number of aliphatic hydroxyl groups is 6. The fourth-order valence-corrected chi connectivity index (χ4v) is 7.13. The summed E-state index contributed by atoms with van der Waals surface area (Å²) in [5, 5.41) is 60.3. The molecule has 354 valence electrons. The van der Waals surface area contributed by atoms with Crippen LogP contribution in [0.5, 0.6) is 0 Å². The van der Waals surface area contributed by atoms with E-state index in [0.29, 0.717) is 19.3 Å². The minimum Gasteiger partial charge on any atom is -0.462 e. The summed E-state index contributed by atoms with van der Waals surface area (Å²) in [6, 6.07) is 0. The standard InChI is InChI=1S/C47H77O14P/c1-3-5-7-9-11-13-15-17-19-21-23-25-28-32-38(48)33-29-27-31-34-40(49)58-36-39(37-59-62(56,57)61-47-45(54)43(52)42(51)44(53)46(47)55)60-41(50)35-30-26-24-22-20-18-16-14-12-10-8-6-4-2/h5,7,11,13-14,16-17,19,23,25,27-29,32,38-39,42-48,51-55H,3-4,6,8-10,12,15,18,20-22,24,26,30-31,33-37H2,1-2H3,(H,56,57)/b7-5-,13-11-,16-14-,19-17-,25-23-,29-27-,32-28-/t38?,39-,42?,43-,44+,45-,46-,47?/m1/s1. The highest BCUT2D eigenvalue weighted by molar-refractivity contribution is 7.47. The molecule has 1 rings (SSSR count). The molecule has 0 aromatic heterocycles. The highest BCUT2D eigenvalue weighted by Crippen LogP contribution is 2.47. The van der Waals surface area contributed by atoms with Crippen molar-refractivity contribution in [2.75, 3.05) is 13.2 Å². The minimum absolute atomic E-state index is 0.0449. The molecule has 1 saturated carbocycles. The van der Waals surface area contributed by atoms with Gasteiger partial charge < -0.3 is 45.0 Å². The van der Waals surface area contributed by atoms with Gasteiger partial charge in [0.15, 0.2) is 6.10 Å². The molecule has 0 amide bonds. The molecular weight excluding hydrogens is 819 g/mol. The average Bonchev–Trinajstić information content (AvgIpc) is 3.25. The van der Waals surface area contributed by atoms with Crippen molar-refractivity contribution >= 4 is 19.8 Å². The molecular formula is C47H77O14P. The van der Waals surface area contributed by atoms with E-state index in [1.807, 2.05) is 12.2 Å². The predicted molar refractivity (Wildman–Crippen MR) is 241 cm³/mol. The highest BCUT2D eigenvalue weighted by Gasteiger charge is 2.51. The summed E-state index contributed by atoms with van der Waals surface area (Å²) in [4.78, 5) is 35.6. The molecule has 0 aliphatic heterocycles. The molecule has 0 heterocycles. The second kappa shape index (κ2) is 36.3. The molecule has 1 aliphatic rings. The molecule has 0 radical (unpaired) electrons. The number of allylic oxidation sites excluding steroid dienone is 12. The number of aliphatic hydroxyl groups excluding tert-OH is 6. The van der Waals surface area contributed by atoms with Crippen LogP contribution in [0.1, 0.15) is 136 Å². The Hall–Kier alpha value is -3.01. The van der Waals surface area contributed by atoms with E-state index in [1.54, 1.807) is 24.3 Å². The number of ether oxygens (including phenoxy) is 2. The summed E-state index contributed by atoms with van der Waals surface area (Å²) >= 11 is 0. The maximum Gasteiger partial charge on any atom is 0.472 e. The van der Waals surface area contributed by atoms with Crippen LogP contribution in [0.3, 0.4) is 0 Å². The van der Waals surface area contributed by atoms with Crippen molar-refractivity contribution in [3.05, 3.63) is 85.1 Å². The zero-order valence-electron chi connectivity index (χ0n) is 37.0. The Balaban J connectivity index is 2.58. The second-order valence-electron chi connectivity index (χ2n) is 15.4. The summed E-state index contributed by atoms with van der Waals surface area (Å²) in [6.45, 7) is 2.98. The molecule has 62 heavy (non-hydrogen) atoms. The number of phosphoric ester groups is 1. The molecule has 0 bridgehead atoms. The number of carbonyl (C=O) groups excluding carboxylic acids is 2.